The van der Waals surface area contributed by atoms with Gasteiger partial charge in [-0.05, 0) is 35.9 Å². The maximum Gasteiger partial charge on any atom is 0.200 e. The summed E-state index contributed by atoms with van der Waals surface area (Å²) in [6.45, 7) is 0.226. The molecule has 0 saturated heterocycles. The maximum atomic E-state index is 12.9. The van der Waals surface area contributed by atoms with E-state index in [1.54, 1.807) is 30.3 Å². The van der Waals surface area contributed by atoms with Crippen LogP contribution in [0.3, 0.4) is 0 Å². The Hall–Kier alpha value is -3.68. The van der Waals surface area contributed by atoms with Gasteiger partial charge in [0.05, 0.1) is 16.0 Å². The van der Waals surface area contributed by atoms with Crippen molar-refractivity contribution in [1.82, 2.24) is 10.2 Å². The van der Waals surface area contributed by atoms with Crippen LogP contribution >= 0.6 is 22.9 Å². The van der Waals surface area contributed by atoms with Crippen LogP contribution in [0.2, 0.25) is 5.02 Å². The summed E-state index contributed by atoms with van der Waals surface area (Å²) < 4.78 is 11.5. The van der Waals surface area contributed by atoms with Gasteiger partial charge in [-0.1, -0.05) is 53.3 Å². The molecule has 5 aromatic rings. The largest absolute Gasteiger partial charge is 0.508 e. The Morgan fingerprint density at radius 1 is 1.00 bits per heavy atom. The van der Waals surface area contributed by atoms with E-state index >= 15 is 0 Å². The Balaban J connectivity index is 1.36. The van der Waals surface area contributed by atoms with Gasteiger partial charge in [-0.25, -0.2) is 0 Å². The summed E-state index contributed by atoms with van der Waals surface area (Å²) in [5, 5.41) is 20.3. The van der Waals surface area contributed by atoms with Crippen molar-refractivity contribution >= 4 is 33.9 Å². The zero-order valence-electron chi connectivity index (χ0n) is 16.5. The molecule has 2 heterocycles. The molecule has 2 aromatic heterocycles. The van der Waals surface area contributed by atoms with Crippen molar-refractivity contribution < 1.29 is 14.3 Å². The van der Waals surface area contributed by atoms with E-state index in [9.17, 15) is 9.90 Å². The first-order valence-electron chi connectivity index (χ1n) is 9.63. The first-order chi connectivity index (χ1) is 15.6. The Morgan fingerprint density at radius 2 is 1.81 bits per heavy atom. The quantitative estimate of drug-likeness (QED) is 0.349. The highest BCUT2D eigenvalue weighted by molar-refractivity contribution is 7.14. The number of aromatic nitrogens is 2. The van der Waals surface area contributed by atoms with Gasteiger partial charge < -0.3 is 14.3 Å². The number of fused-ring (bicyclic) bond motifs is 1. The Morgan fingerprint density at radius 3 is 2.62 bits per heavy atom. The van der Waals surface area contributed by atoms with Crippen LogP contribution in [-0.2, 0) is 6.61 Å². The highest BCUT2D eigenvalue weighted by Crippen LogP contribution is 2.30. The molecule has 0 aliphatic rings. The van der Waals surface area contributed by atoms with E-state index < -0.39 is 0 Å². The Labute approximate surface area is 191 Å². The van der Waals surface area contributed by atoms with Crippen LogP contribution in [0.15, 0.2) is 82.2 Å². The molecule has 32 heavy (non-hydrogen) atoms. The minimum absolute atomic E-state index is 0.134. The third kappa shape index (κ3) is 3.95. The lowest BCUT2D eigenvalue weighted by molar-refractivity contribution is 0.304. The minimum Gasteiger partial charge on any atom is -0.508 e. The van der Waals surface area contributed by atoms with Gasteiger partial charge in [-0.15, -0.1) is 10.2 Å². The van der Waals surface area contributed by atoms with Crippen molar-refractivity contribution in [2.45, 2.75) is 6.61 Å². The lowest BCUT2D eigenvalue weighted by Crippen LogP contribution is -2.05. The first-order valence-corrected chi connectivity index (χ1v) is 10.8. The summed E-state index contributed by atoms with van der Waals surface area (Å²) in [6, 6.07) is 18.9. The second-order valence-corrected chi connectivity index (χ2v) is 8.42. The summed E-state index contributed by atoms with van der Waals surface area (Å²) in [5.41, 5.74) is 2.19. The van der Waals surface area contributed by atoms with Crippen LogP contribution < -0.4 is 10.2 Å². The van der Waals surface area contributed by atoms with Crippen LogP contribution in [0.4, 0.5) is 0 Å². The topological polar surface area (TPSA) is 85.5 Å². The fourth-order valence-corrected chi connectivity index (χ4v) is 4.31. The van der Waals surface area contributed by atoms with E-state index in [0.29, 0.717) is 37.9 Å². The normalized spacial score (nSPS) is 11.0. The van der Waals surface area contributed by atoms with Gasteiger partial charge >= 0.3 is 0 Å². The van der Waals surface area contributed by atoms with Crippen LogP contribution in [0, 0.1) is 0 Å². The van der Waals surface area contributed by atoms with Crippen molar-refractivity contribution in [3.05, 3.63) is 93.2 Å². The molecule has 6 nitrogen and oxygen atoms in total. The second-order valence-electron chi connectivity index (χ2n) is 6.95. The zero-order chi connectivity index (χ0) is 22.1. The van der Waals surface area contributed by atoms with Crippen LogP contribution in [0.5, 0.6) is 11.5 Å². The van der Waals surface area contributed by atoms with Crippen molar-refractivity contribution in [2.24, 2.45) is 0 Å². The van der Waals surface area contributed by atoms with Crippen molar-refractivity contribution in [2.75, 3.05) is 0 Å². The maximum absolute atomic E-state index is 12.9. The van der Waals surface area contributed by atoms with Crippen LogP contribution in [-0.4, -0.2) is 15.3 Å². The van der Waals surface area contributed by atoms with E-state index in [1.165, 1.54) is 29.7 Å². The average molecular weight is 463 g/mol. The molecule has 158 valence electrons. The van der Waals surface area contributed by atoms with Gasteiger partial charge in [0.15, 0.2) is 10.4 Å². The van der Waals surface area contributed by atoms with E-state index in [1.807, 2.05) is 24.3 Å². The standard InChI is InChI=1S/C24H15ClN2O4S/c25-20-4-2-1-3-17(20)24-27-26-22(32-24)13-30-16-9-10-18-21(11-16)31-12-19(23(18)29)14-5-7-15(28)8-6-14/h1-12,28H,13H2. The molecule has 0 aliphatic carbocycles. The molecular weight excluding hydrogens is 448 g/mol. The molecule has 0 saturated carbocycles. The summed E-state index contributed by atoms with van der Waals surface area (Å²) in [5.74, 6) is 0.683. The van der Waals surface area contributed by atoms with Gasteiger partial charge in [0.2, 0.25) is 0 Å². The van der Waals surface area contributed by atoms with Crippen molar-refractivity contribution in [1.29, 1.82) is 0 Å². The number of phenols is 1. The molecule has 3 aromatic carbocycles. The van der Waals surface area contributed by atoms with Gasteiger partial charge in [0.1, 0.15) is 35.0 Å². The number of phenolic OH excluding ortho intramolecular Hbond substituents is 1. The predicted molar refractivity (Wildman–Crippen MR) is 124 cm³/mol. The fraction of sp³-hybridized carbons (Fsp3) is 0.0417. The lowest BCUT2D eigenvalue weighted by atomic mass is 10.1. The lowest BCUT2D eigenvalue weighted by Gasteiger charge is -2.06. The van der Waals surface area contributed by atoms with Crippen molar-refractivity contribution in [3.63, 3.8) is 0 Å². The molecule has 0 aliphatic heterocycles. The smallest absolute Gasteiger partial charge is 0.200 e. The van der Waals surface area contributed by atoms with Crippen LogP contribution in [0.1, 0.15) is 5.01 Å². The molecule has 0 spiro atoms. The van der Waals surface area contributed by atoms with Gasteiger partial charge in [0, 0.05) is 11.6 Å². The fourth-order valence-electron chi connectivity index (χ4n) is 3.24. The minimum atomic E-state index is -0.156. The van der Waals surface area contributed by atoms with Gasteiger partial charge in [-0.2, -0.15) is 0 Å². The predicted octanol–water partition coefficient (Wildman–Crippen LogP) is 5.92. The van der Waals surface area contributed by atoms with E-state index in [-0.39, 0.29) is 17.8 Å². The van der Waals surface area contributed by atoms with E-state index in [4.69, 9.17) is 20.8 Å². The zero-order valence-corrected chi connectivity index (χ0v) is 18.1. The number of nitrogens with zero attached hydrogens (tertiary/aromatic N) is 2. The highest BCUT2D eigenvalue weighted by atomic mass is 35.5. The number of ether oxygens (including phenoxy) is 1. The van der Waals surface area contributed by atoms with Crippen molar-refractivity contribution in [3.8, 4) is 33.2 Å². The van der Waals surface area contributed by atoms with Gasteiger partial charge in [0.25, 0.3) is 0 Å². The number of rotatable bonds is 5. The number of halogens is 1. The molecule has 8 heteroatoms. The third-order valence-corrected chi connectivity index (χ3v) is 6.12. The summed E-state index contributed by atoms with van der Waals surface area (Å²) in [6.07, 6.45) is 1.42. The second kappa shape index (κ2) is 8.45. The molecule has 0 atom stereocenters. The number of benzene rings is 3. The molecule has 1 N–H and O–H groups in total. The summed E-state index contributed by atoms with van der Waals surface area (Å²) in [7, 11) is 0. The molecule has 0 unspecified atom stereocenters. The monoisotopic (exact) mass is 462 g/mol. The molecule has 0 bridgehead atoms. The van der Waals surface area contributed by atoms with E-state index in [0.717, 1.165) is 10.6 Å². The molecule has 0 radical (unpaired) electrons. The third-order valence-electron chi connectivity index (χ3n) is 4.86. The summed E-state index contributed by atoms with van der Waals surface area (Å²) in [4.78, 5) is 12.9. The molecular formula is C24H15ClN2O4S. The SMILES string of the molecule is O=c1c(-c2ccc(O)cc2)coc2cc(OCc3nnc(-c4ccccc4Cl)s3)ccc12. The molecule has 5 rings (SSSR count). The van der Waals surface area contributed by atoms with Crippen LogP contribution in [0.25, 0.3) is 32.7 Å². The van der Waals surface area contributed by atoms with Gasteiger partial charge in [-0.3, -0.25) is 4.79 Å². The number of hydrogen-bond acceptors (Lipinski definition) is 7. The number of hydrogen-bond donors (Lipinski definition) is 1. The van der Waals surface area contributed by atoms with E-state index in [2.05, 4.69) is 10.2 Å². The number of aromatic hydroxyl groups is 1. The summed E-state index contributed by atoms with van der Waals surface area (Å²) >= 11 is 7.63. The molecule has 0 amide bonds. The Kier molecular flexibility index (Phi) is 5.34. The highest BCUT2D eigenvalue weighted by Gasteiger charge is 2.12. The molecule has 0 fully saturated rings. The first kappa shape index (κ1) is 20.2. The average Bonchev–Trinajstić information content (AvgIpc) is 3.28. The Bertz CT molecular complexity index is 1480.